The van der Waals surface area contributed by atoms with Crippen LogP contribution in [0.5, 0.6) is 0 Å². The van der Waals surface area contributed by atoms with Crippen molar-refractivity contribution in [2.75, 3.05) is 6.54 Å². The van der Waals surface area contributed by atoms with Gasteiger partial charge in [-0.3, -0.25) is 4.98 Å². The van der Waals surface area contributed by atoms with E-state index in [1.807, 2.05) is 26.0 Å². The van der Waals surface area contributed by atoms with Crippen LogP contribution in [0.4, 0.5) is 0 Å². The maximum Gasteiger partial charge on any atom is 0.178 e. The van der Waals surface area contributed by atoms with Gasteiger partial charge in [0.05, 0.1) is 0 Å². The fraction of sp³-hybridized carbons (Fsp3) is 0.308. The van der Waals surface area contributed by atoms with E-state index in [4.69, 9.17) is 5.73 Å². The molecular weight excluding hydrogens is 292 g/mol. The average molecular weight is 307 g/mol. The van der Waals surface area contributed by atoms with Crippen molar-refractivity contribution < 1.29 is 0 Å². The number of aryl methyl sites for hydroxylation is 2. The second kappa shape index (κ2) is 5.54. The molecule has 2 N–H and O–H groups in total. The van der Waals surface area contributed by atoms with Crippen LogP contribution in [0.1, 0.15) is 17.0 Å². The standard InChI is InChI=1S/C13H15BrN4/c1-8-11(5-6-15)9(2)18-13(17-8)12-4-3-10(14)7-16-12/h3-4,7H,5-6,15H2,1-2H3. The Hall–Kier alpha value is -1.33. The molecule has 0 saturated heterocycles. The maximum atomic E-state index is 5.59. The first-order chi connectivity index (χ1) is 8.61. The smallest absolute Gasteiger partial charge is 0.178 e. The zero-order valence-corrected chi connectivity index (χ0v) is 12.0. The van der Waals surface area contributed by atoms with E-state index in [9.17, 15) is 0 Å². The average Bonchev–Trinajstić information content (AvgIpc) is 2.34. The molecule has 2 heterocycles. The molecule has 0 aliphatic carbocycles. The Bertz CT molecular complexity index is 528. The molecule has 2 rings (SSSR count). The van der Waals surface area contributed by atoms with E-state index in [0.29, 0.717) is 12.4 Å². The van der Waals surface area contributed by atoms with Crippen LogP contribution in [0.3, 0.4) is 0 Å². The van der Waals surface area contributed by atoms with Crippen LogP contribution in [0.15, 0.2) is 22.8 Å². The van der Waals surface area contributed by atoms with Crippen molar-refractivity contribution >= 4 is 15.9 Å². The number of pyridine rings is 1. The van der Waals surface area contributed by atoms with Crippen LogP contribution >= 0.6 is 15.9 Å². The van der Waals surface area contributed by atoms with Gasteiger partial charge in [-0.1, -0.05) is 0 Å². The minimum absolute atomic E-state index is 0.612. The van der Waals surface area contributed by atoms with Crippen molar-refractivity contribution in [3.8, 4) is 11.5 Å². The number of rotatable bonds is 3. The first kappa shape index (κ1) is 13.1. The predicted octanol–water partition coefficient (Wildman–Crippen LogP) is 2.42. The predicted molar refractivity (Wildman–Crippen MR) is 75.2 cm³/mol. The molecule has 0 radical (unpaired) electrons. The van der Waals surface area contributed by atoms with Crippen molar-refractivity contribution in [1.29, 1.82) is 0 Å². The van der Waals surface area contributed by atoms with Crippen LogP contribution in [0, 0.1) is 13.8 Å². The van der Waals surface area contributed by atoms with Gasteiger partial charge in [0.2, 0.25) is 0 Å². The molecule has 0 aliphatic rings. The van der Waals surface area contributed by atoms with Gasteiger partial charge in [0.15, 0.2) is 5.82 Å². The Balaban J connectivity index is 2.44. The molecule has 94 valence electrons. The lowest BCUT2D eigenvalue weighted by molar-refractivity contribution is 0.896. The summed E-state index contributed by atoms with van der Waals surface area (Å²) in [5, 5.41) is 0. The fourth-order valence-corrected chi connectivity index (χ4v) is 2.10. The third-order valence-electron chi connectivity index (χ3n) is 2.77. The number of aromatic nitrogens is 3. The quantitative estimate of drug-likeness (QED) is 0.946. The third kappa shape index (κ3) is 2.73. The van der Waals surface area contributed by atoms with Gasteiger partial charge in [-0.25, -0.2) is 9.97 Å². The molecule has 2 aromatic rings. The highest BCUT2D eigenvalue weighted by Crippen LogP contribution is 2.18. The summed E-state index contributed by atoms with van der Waals surface area (Å²) >= 11 is 3.36. The van der Waals surface area contributed by atoms with E-state index < -0.39 is 0 Å². The molecule has 0 fully saturated rings. The third-order valence-corrected chi connectivity index (χ3v) is 3.24. The zero-order chi connectivity index (χ0) is 13.1. The molecular formula is C13H15BrN4. The molecule has 0 atom stereocenters. The molecule has 0 saturated carbocycles. The first-order valence-electron chi connectivity index (χ1n) is 5.78. The van der Waals surface area contributed by atoms with E-state index >= 15 is 0 Å². The number of hydrogen-bond acceptors (Lipinski definition) is 4. The topological polar surface area (TPSA) is 64.7 Å². The van der Waals surface area contributed by atoms with Gasteiger partial charge < -0.3 is 5.73 Å². The second-order valence-electron chi connectivity index (χ2n) is 4.10. The summed E-state index contributed by atoms with van der Waals surface area (Å²) in [4.78, 5) is 13.3. The first-order valence-corrected chi connectivity index (χ1v) is 6.57. The van der Waals surface area contributed by atoms with Crippen LogP contribution in [0.25, 0.3) is 11.5 Å². The lowest BCUT2D eigenvalue weighted by atomic mass is 10.1. The van der Waals surface area contributed by atoms with Crippen LogP contribution < -0.4 is 5.73 Å². The lowest BCUT2D eigenvalue weighted by Crippen LogP contribution is -2.09. The monoisotopic (exact) mass is 306 g/mol. The molecule has 0 aliphatic heterocycles. The summed E-state index contributed by atoms with van der Waals surface area (Å²) in [5.74, 6) is 0.665. The van der Waals surface area contributed by atoms with Crippen molar-refractivity contribution in [2.45, 2.75) is 20.3 Å². The summed E-state index contributed by atoms with van der Waals surface area (Å²) in [6, 6.07) is 3.84. The summed E-state index contributed by atoms with van der Waals surface area (Å²) in [6.45, 7) is 4.59. The maximum absolute atomic E-state index is 5.59. The number of nitrogens with zero attached hydrogens (tertiary/aromatic N) is 3. The van der Waals surface area contributed by atoms with Crippen LogP contribution in [-0.4, -0.2) is 21.5 Å². The van der Waals surface area contributed by atoms with E-state index in [1.54, 1.807) is 6.20 Å². The molecule has 18 heavy (non-hydrogen) atoms. The number of halogens is 1. The minimum Gasteiger partial charge on any atom is -0.330 e. The Morgan fingerprint density at radius 2 is 1.83 bits per heavy atom. The summed E-state index contributed by atoms with van der Waals surface area (Å²) in [7, 11) is 0. The highest BCUT2D eigenvalue weighted by molar-refractivity contribution is 9.10. The van der Waals surface area contributed by atoms with Gasteiger partial charge in [-0.15, -0.1) is 0 Å². The Labute approximate surface area is 115 Å². The summed E-state index contributed by atoms with van der Waals surface area (Å²) < 4.78 is 0.944. The van der Waals surface area contributed by atoms with Gasteiger partial charge in [0, 0.05) is 22.1 Å². The zero-order valence-electron chi connectivity index (χ0n) is 10.4. The Morgan fingerprint density at radius 1 is 1.17 bits per heavy atom. The SMILES string of the molecule is Cc1nc(-c2ccc(Br)cn2)nc(C)c1CCN. The van der Waals surface area contributed by atoms with Gasteiger partial charge in [0.25, 0.3) is 0 Å². The van der Waals surface area contributed by atoms with E-state index in [2.05, 4.69) is 30.9 Å². The fourth-order valence-electron chi connectivity index (χ4n) is 1.87. The molecule has 0 spiro atoms. The van der Waals surface area contributed by atoms with Gasteiger partial charge in [-0.2, -0.15) is 0 Å². The van der Waals surface area contributed by atoms with Crippen LogP contribution in [0.2, 0.25) is 0 Å². The van der Waals surface area contributed by atoms with Crippen molar-refractivity contribution in [3.63, 3.8) is 0 Å². The number of nitrogens with two attached hydrogens (primary N) is 1. The molecule has 0 unspecified atom stereocenters. The van der Waals surface area contributed by atoms with E-state index in [-0.39, 0.29) is 0 Å². The van der Waals surface area contributed by atoms with E-state index in [1.165, 1.54) is 0 Å². The summed E-state index contributed by atoms with van der Waals surface area (Å²) in [6.07, 6.45) is 2.56. The highest BCUT2D eigenvalue weighted by atomic mass is 79.9. The normalized spacial score (nSPS) is 10.7. The van der Waals surface area contributed by atoms with Crippen molar-refractivity contribution in [3.05, 3.63) is 39.8 Å². The van der Waals surface area contributed by atoms with Gasteiger partial charge in [-0.05, 0) is 60.4 Å². The minimum atomic E-state index is 0.612. The molecule has 4 nitrogen and oxygen atoms in total. The molecule has 5 heteroatoms. The highest BCUT2D eigenvalue weighted by Gasteiger charge is 2.10. The molecule has 2 aromatic heterocycles. The Kier molecular flexibility index (Phi) is 4.04. The Morgan fingerprint density at radius 3 is 2.33 bits per heavy atom. The summed E-state index contributed by atoms with van der Waals surface area (Å²) in [5.41, 5.74) is 9.47. The largest absolute Gasteiger partial charge is 0.330 e. The number of hydrogen-bond donors (Lipinski definition) is 1. The van der Waals surface area contributed by atoms with E-state index in [0.717, 1.165) is 33.5 Å². The van der Waals surface area contributed by atoms with Gasteiger partial charge >= 0.3 is 0 Å². The molecule has 0 bridgehead atoms. The van der Waals surface area contributed by atoms with Gasteiger partial charge in [0.1, 0.15) is 5.69 Å². The molecule has 0 amide bonds. The van der Waals surface area contributed by atoms with Crippen molar-refractivity contribution in [2.24, 2.45) is 5.73 Å². The second-order valence-corrected chi connectivity index (χ2v) is 5.01. The lowest BCUT2D eigenvalue weighted by Gasteiger charge is -2.09. The van der Waals surface area contributed by atoms with Crippen molar-refractivity contribution in [1.82, 2.24) is 15.0 Å². The van der Waals surface area contributed by atoms with Crippen LogP contribution in [-0.2, 0) is 6.42 Å². The molecule has 0 aromatic carbocycles.